The summed E-state index contributed by atoms with van der Waals surface area (Å²) in [5, 5.41) is 3.29. The van der Waals surface area contributed by atoms with Gasteiger partial charge in [-0.05, 0) is 55.5 Å². The molecule has 1 N–H and O–H groups in total. The minimum Gasteiger partial charge on any atom is -0.484 e. The Hall–Kier alpha value is -2.14. The van der Waals surface area contributed by atoms with Crippen LogP contribution in [0.3, 0.4) is 0 Å². The molecule has 1 aliphatic rings. The summed E-state index contributed by atoms with van der Waals surface area (Å²) in [4.78, 5) is 20.5. The van der Waals surface area contributed by atoms with E-state index in [1.165, 1.54) is 12.0 Å². The van der Waals surface area contributed by atoms with Gasteiger partial charge < -0.3 is 4.74 Å². The van der Waals surface area contributed by atoms with Gasteiger partial charge in [-0.15, -0.1) is 0 Å². The summed E-state index contributed by atoms with van der Waals surface area (Å²) in [5.74, 6) is 0.641. The fraction of sp³-hybridized carbons (Fsp3) is 0.312. The second-order valence-corrected chi connectivity index (χ2v) is 5.60. The van der Waals surface area contributed by atoms with Gasteiger partial charge in [0.2, 0.25) is 5.95 Å². The van der Waals surface area contributed by atoms with Crippen LogP contribution in [0.25, 0.3) is 0 Å². The fourth-order valence-electron chi connectivity index (χ4n) is 2.38. The molecular weight excluding hydrogens is 302 g/mol. The van der Waals surface area contributed by atoms with Crippen LogP contribution in [-0.4, -0.2) is 22.5 Å². The van der Waals surface area contributed by atoms with E-state index in [1.807, 2.05) is 0 Å². The van der Waals surface area contributed by atoms with E-state index in [0.29, 0.717) is 16.7 Å². The van der Waals surface area contributed by atoms with Crippen molar-refractivity contribution in [3.63, 3.8) is 0 Å². The van der Waals surface area contributed by atoms with Crippen molar-refractivity contribution in [2.24, 2.45) is 0 Å². The van der Waals surface area contributed by atoms with E-state index in [9.17, 15) is 4.79 Å². The highest BCUT2D eigenvalue weighted by molar-refractivity contribution is 6.30. The van der Waals surface area contributed by atoms with Crippen molar-refractivity contribution in [1.82, 2.24) is 9.97 Å². The van der Waals surface area contributed by atoms with E-state index in [1.54, 1.807) is 30.5 Å². The molecule has 1 aromatic heterocycles. The van der Waals surface area contributed by atoms with Gasteiger partial charge in [0.1, 0.15) is 5.75 Å². The van der Waals surface area contributed by atoms with Gasteiger partial charge in [-0.1, -0.05) is 11.6 Å². The highest BCUT2D eigenvalue weighted by atomic mass is 35.5. The van der Waals surface area contributed by atoms with E-state index in [-0.39, 0.29) is 12.5 Å². The largest absolute Gasteiger partial charge is 0.484 e. The van der Waals surface area contributed by atoms with Crippen molar-refractivity contribution in [1.29, 1.82) is 0 Å². The molecule has 0 aliphatic heterocycles. The summed E-state index contributed by atoms with van der Waals surface area (Å²) in [6, 6.07) is 6.85. The molecule has 1 aliphatic carbocycles. The Morgan fingerprint density at radius 1 is 1.23 bits per heavy atom. The molecule has 114 valence electrons. The lowest BCUT2D eigenvalue weighted by molar-refractivity contribution is -0.118. The molecule has 1 aromatic carbocycles. The number of amides is 1. The SMILES string of the molecule is O=C(COc1ccc(Cl)cc1)Nc1ncc2c(n1)CCCC2. The zero-order valence-electron chi connectivity index (χ0n) is 12.0. The van der Waals surface area contributed by atoms with Crippen molar-refractivity contribution in [2.75, 3.05) is 11.9 Å². The van der Waals surface area contributed by atoms with Crippen LogP contribution in [0.5, 0.6) is 5.75 Å². The lowest BCUT2D eigenvalue weighted by Crippen LogP contribution is -2.22. The van der Waals surface area contributed by atoms with Crippen LogP contribution in [0.4, 0.5) is 5.95 Å². The van der Waals surface area contributed by atoms with Crippen molar-refractivity contribution < 1.29 is 9.53 Å². The quantitative estimate of drug-likeness (QED) is 0.941. The second kappa shape index (κ2) is 6.75. The maximum atomic E-state index is 11.9. The monoisotopic (exact) mass is 317 g/mol. The van der Waals surface area contributed by atoms with E-state index < -0.39 is 0 Å². The minimum atomic E-state index is -0.286. The maximum Gasteiger partial charge on any atom is 0.264 e. The molecule has 0 spiro atoms. The van der Waals surface area contributed by atoms with E-state index in [2.05, 4.69) is 15.3 Å². The number of benzene rings is 1. The predicted octanol–water partition coefficient (Wildman–Crippen LogP) is 3.03. The Balaban J connectivity index is 1.56. The molecule has 1 amide bonds. The molecule has 2 aromatic rings. The summed E-state index contributed by atoms with van der Waals surface area (Å²) < 4.78 is 5.38. The average Bonchev–Trinajstić information content (AvgIpc) is 2.54. The summed E-state index contributed by atoms with van der Waals surface area (Å²) >= 11 is 5.79. The van der Waals surface area contributed by atoms with Crippen LogP contribution in [0.1, 0.15) is 24.1 Å². The lowest BCUT2D eigenvalue weighted by atomic mass is 9.98. The number of hydrogen-bond acceptors (Lipinski definition) is 4. The van der Waals surface area contributed by atoms with Gasteiger partial charge in [0.15, 0.2) is 6.61 Å². The third kappa shape index (κ3) is 3.74. The van der Waals surface area contributed by atoms with Gasteiger partial charge in [0, 0.05) is 16.9 Å². The highest BCUT2D eigenvalue weighted by Crippen LogP contribution is 2.19. The zero-order chi connectivity index (χ0) is 15.4. The van der Waals surface area contributed by atoms with Gasteiger partial charge in [-0.3, -0.25) is 10.1 Å². The molecule has 0 fully saturated rings. The van der Waals surface area contributed by atoms with Gasteiger partial charge in [-0.25, -0.2) is 9.97 Å². The first-order valence-electron chi connectivity index (χ1n) is 7.24. The number of aryl methyl sites for hydroxylation is 2. The standard InChI is InChI=1S/C16H16ClN3O2/c17-12-5-7-13(8-6-12)22-10-15(21)20-16-18-9-11-3-1-2-4-14(11)19-16/h5-9H,1-4,10H2,(H,18,19,20,21). The Bertz CT molecular complexity index is 674. The molecule has 0 unspecified atom stereocenters. The zero-order valence-corrected chi connectivity index (χ0v) is 12.8. The molecule has 0 radical (unpaired) electrons. The normalized spacial score (nSPS) is 13.3. The van der Waals surface area contributed by atoms with Gasteiger partial charge in [0.25, 0.3) is 5.91 Å². The molecular formula is C16H16ClN3O2. The number of nitrogens with one attached hydrogen (secondary N) is 1. The van der Waals surface area contributed by atoms with Gasteiger partial charge in [-0.2, -0.15) is 0 Å². The number of halogens is 1. The van der Waals surface area contributed by atoms with Gasteiger partial charge in [0.05, 0.1) is 0 Å². The lowest BCUT2D eigenvalue weighted by Gasteiger charge is -2.14. The third-order valence-electron chi connectivity index (χ3n) is 3.50. The number of carbonyl (C=O) groups excluding carboxylic acids is 1. The number of fused-ring (bicyclic) bond motifs is 1. The molecule has 22 heavy (non-hydrogen) atoms. The first kappa shape index (κ1) is 14.8. The highest BCUT2D eigenvalue weighted by Gasteiger charge is 2.13. The van der Waals surface area contributed by atoms with Crippen molar-refractivity contribution >= 4 is 23.5 Å². The number of nitrogens with zero attached hydrogens (tertiary/aromatic N) is 2. The number of hydrogen-bond donors (Lipinski definition) is 1. The summed E-state index contributed by atoms with van der Waals surface area (Å²) in [5.41, 5.74) is 2.22. The third-order valence-corrected chi connectivity index (χ3v) is 3.75. The molecule has 0 bridgehead atoms. The summed E-state index contributed by atoms with van der Waals surface area (Å²) in [6.45, 7) is -0.0952. The molecule has 1 heterocycles. The molecule has 3 rings (SSSR count). The first-order valence-corrected chi connectivity index (χ1v) is 7.61. The molecule has 0 saturated heterocycles. The Morgan fingerprint density at radius 2 is 2.00 bits per heavy atom. The number of rotatable bonds is 4. The van der Waals surface area contributed by atoms with E-state index in [0.717, 1.165) is 25.0 Å². The Morgan fingerprint density at radius 3 is 2.82 bits per heavy atom. The summed E-state index contributed by atoms with van der Waals surface area (Å²) in [6.07, 6.45) is 6.08. The fourth-order valence-corrected chi connectivity index (χ4v) is 2.50. The van der Waals surface area contributed by atoms with Gasteiger partial charge >= 0.3 is 0 Å². The van der Waals surface area contributed by atoms with Crippen molar-refractivity contribution in [2.45, 2.75) is 25.7 Å². The second-order valence-electron chi connectivity index (χ2n) is 5.16. The Labute approximate surface area is 133 Å². The van der Waals surface area contributed by atoms with Crippen LogP contribution < -0.4 is 10.1 Å². The number of aromatic nitrogens is 2. The topological polar surface area (TPSA) is 64.1 Å². The molecule has 0 atom stereocenters. The van der Waals surface area contributed by atoms with Crippen LogP contribution in [0.15, 0.2) is 30.5 Å². The minimum absolute atomic E-state index is 0.0952. The molecule has 0 saturated carbocycles. The predicted molar refractivity (Wildman–Crippen MR) is 84.3 cm³/mol. The van der Waals surface area contributed by atoms with Crippen molar-refractivity contribution in [3.8, 4) is 5.75 Å². The number of carbonyl (C=O) groups is 1. The van der Waals surface area contributed by atoms with Crippen LogP contribution in [0, 0.1) is 0 Å². The van der Waals surface area contributed by atoms with Crippen LogP contribution in [-0.2, 0) is 17.6 Å². The summed E-state index contributed by atoms with van der Waals surface area (Å²) in [7, 11) is 0. The molecule has 5 nitrogen and oxygen atoms in total. The van der Waals surface area contributed by atoms with Crippen molar-refractivity contribution in [3.05, 3.63) is 46.7 Å². The average molecular weight is 318 g/mol. The van der Waals surface area contributed by atoms with Crippen LogP contribution in [0.2, 0.25) is 5.02 Å². The number of anilines is 1. The van der Waals surface area contributed by atoms with Crippen LogP contribution >= 0.6 is 11.6 Å². The first-order chi connectivity index (χ1) is 10.7. The smallest absolute Gasteiger partial charge is 0.264 e. The van der Waals surface area contributed by atoms with E-state index >= 15 is 0 Å². The maximum absolute atomic E-state index is 11.9. The molecule has 6 heteroatoms. The Kier molecular flexibility index (Phi) is 4.53. The number of ether oxygens (including phenoxy) is 1. The van der Waals surface area contributed by atoms with E-state index in [4.69, 9.17) is 16.3 Å².